The van der Waals surface area contributed by atoms with Gasteiger partial charge in [-0.2, -0.15) is 0 Å². The standard InChI is InChI=1S/C46H41NO/c1-4-6-7-9-17-34-26-28-37(29-27-34)47(45-25-14-21-35-20-12-13-22-40(35)45)38-30-31-41(44(32-38)36-18-10-8-11-19-36)43-24-15-23-42-39(16-5-2)33(3)48-46(42)43/h4-13,15-24,26,28-32,34H,1,14,25,27H2,2-3H3/b7-6-,16-5-,17-9+. The monoisotopic (exact) mass is 623 g/mol. The number of benzene rings is 4. The normalized spacial score (nSPS) is 16.1. The van der Waals surface area contributed by atoms with Crippen molar-refractivity contribution in [1.82, 2.24) is 0 Å². The number of para-hydroxylation sites is 1. The van der Waals surface area contributed by atoms with Crippen molar-refractivity contribution in [3.63, 3.8) is 0 Å². The van der Waals surface area contributed by atoms with Crippen LogP contribution in [0.15, 0.2) is 162 Å². The maximum Gasteiger partial charge on any atom is 0.142 e. The highest BCUT2D eigenvalue weighted by atomic mass is 16.3. The number of furan rings is 1. The maximum absolute atomic E-state index is 6.48. The molecule has 4 aromatic carbocycles. The van der Waals surface area contributed by atoms with Crippen LogP contribution in [0.5, 0.6) is 0 Å². The Balaban J connectivity index is 1.41. The van der Waals surface area contributed by atoms with E-state index in [1.54, 1.807) is 6.08 Å². The Morgan fingerprint density at radius 3 is 2.50 bits per heavy atom. The molecule has 2 heteroatoms. The van der Waals surface area contributed by atoms with E-state index in [1.807, 2.05) is 12.2 Å². The molecule has 5 aromatic rings. The summed E-state index contributed by atoms with van der Waals surface area (Å²) in [5.74, 6) is 1.29. The Morgan fingerprint density at radius 1 is 0.833 bits per heavy atom. The Morgan fingerprint density at radius 2 is 1.69 bits per heavy atom. The predicted octanol–water partition coefficient (Wildman–Crippen LogP) is 11.1. The number of rotatable bonds is 9. The fraction of sp³-hybridized carbons (Fsp3) is 0.130. The van der Waals surface area contributed by atoms with Crippen molar-refractivity contribution in [3.8, 4) is 22.3 Å². The summed E-state index contributed by atoms with van der Waals surface area (Å²) >= 11 is 0. The molecule has 7 rings (SSSR count). The van der Waals surface area contributed by atoms with Gasteiger partial charge in [0.15, 0.2) is 0 Å². The molecule has 1 atom stereocenters. The summed E-state index contributed by atoms with van der Waals surface area (Å²) in [7, 11) is 0. The van der Waals surface area contributed by atoms with Gasteiger partial charge in [0.2, 0.25) is 0 Å². The van der Waals surface area contributed by atoms with Gasteiger partial charge in [0, 0.05) is 38.8 Å². The zero-order valence-electron chi connectivity index (χ0n) is 27.8. The van der Waals surface area contributed by atoms with Gasteiger partial charge in [0.1, 0.15) is 11.3 Å². The zero-order valence-corrected chi connectivity index (χ0v) is 27.8. The third-order valence-electron chi connectivity index (χ3n) is 9.28. The number of fused-ring (bicyclic) bond motifs is 2. The second-order valence-corrected chi connectivity index (χ2v) is 12.4. The van der Waals surface area contributed by atoms with E-state index in [0.717, 1.165) is 58.4 Å². The molecule has 0 N–H and O–H groups in total. The first-order valence-electron chi connectivity index (χ1n) is 16.9. The van der Waals surface area contributed by atoms with Crippen LogP contribution in [0, 0.1) is 12.8 Å². The van der Waals surface area contributed by atoms with Gasteiger partial charge >= 0.3 is 0 Å². The van der Waals surface area contributed by atoms with Gasteiger partial charge in [-0.05, 0) is 79.1 Å². The molecule has 236 valence electrons. The summed E-state index contributed by atoms with van der Waals surface area (Å²) in [6, 6.07) is 33.0. The van der Waals surface area contributed by atoms with Crippen LogP contribution in [0.4, 0.5) is 5.69 Å². The molecule has 0 aliphatic heterocycles. The molecular formula is C46H41NO. The van der Waals surface area contributed by atoms with E-state index in [4.69, 9.17) is 4.42 Å². The largest absolute Gasteiger partial charge is 0.460 e. The molecule has 0 spiro atoms. The van der Waals surface area contributed by atoms with Crippen molar-refractivity contribution < 1.29 is 4.42 Å². The first-order chi connectivity index (χ1) is 23.7. The Labute approximate surface area is 284 Å². The summed E-state index contributed by atoms with van der Waals surface area (Å²) < 4.78 is 6.48. The van der Waals surface area contributed by atoms with E-state index in [-0.39, 0.29) is 0 Å². The van der Waals surface area contributed by atoms with Crippen molar-refractivity contribution in [2.75, 3.05) is 4.90 Å². The molecule has 0 saturated carbocycles. The number of nitrogens with zero attached hydrogens (tertiary/aromatic N) is 1. The van der Waals surface area contributed by atoms with E-state index in [9.17, 15) is 0 Å². The lowest BCUT2D eigenvalue weighted by Crippen LogP contribution is -2.36. The van der Waals surface area contributed by atoms with Crippen LogP contribution >= 0.6 is 0 Å². The molecule has 2 nitrogen and oxygen atoms in total. The fourth-order valence-corrected chi connectivity index (χ4v) is 7.02. The van der Waals surface area contributed by atoms with Crippen molar-refractivity contribution in [2.24, 2.45) is 5.92 Å². The highest BCUT2D eigenvalue weighted by Gasteiger charge is 2.23. The van der Waals surface area contributed by atoms with Gasteiger partial charge < -0.3 is 9.32 Å². The van der Waals surface area contributed by atoms with Crippen molar-refractivity contribution in [2.45, 2.75) is 33.1 Å². The van der Waals surface area contributed by atoms with E-state index in [1.165, 1.54) is 33.0 Å². The molecule has 48 heavy (non-hydrogen) atoms. The smallest absolute Gasteiger partial charge is 0.142 e. The van der Waals surface area contributed by atoms with E-state index < -0.39 is 0 Å². The summed E-state index contributed by atoms with van der Waals surface area (Å²) in [5, 5.41) is 3.74. The highest BCUT2D eigenvalue weighted by Crippen LogP contribution is 2.42. The third-order valence-corrected chi connectivity index (χ3v) is 9.28. The molecule has 2 aliphatic carbocycles. The van der Waals surface area contributed by atoms with Crippen LogP contribution in [-0.2, 0) is 0 Å². The molecule has 0 saturated heterocycles. The minimum absolute atomic E-state index is 0.356. The third kappa shape index (κ3) is 6.10. The molecule has 1 aromatic heterocycles. The fourth-order valence-electron chi connectivity index (χ4n) is 7.02. The summed E-state index contributed by atoms with van der Waals surface area (Å²) in [6.45, 7) is 7.88. The summed E-state index contributed by atoms with van der Waals surface area (Å²) in [4.78, 5) is 2.50. The number of aryl methyl sites for hydroxylation is 1. The van der Waals surface area contributed by atoms with Gasteiger partial charge in [-0.3, -0.25) is 0 Å². The van der Waals surface area contributed by atoms with Crippen molar-refractivity contribution >= 4 is 34.5 Å². The topological polar surface area (TPSA) is 16.4 Å². The minimum Gasteiger partial charge on any atom is -0.460 e. The first-order valence-corrected chi connectivity index (χ1v) is 16.9. The van der Waals surface area contributed by atoms with Crippen LogP contribution in [0.1, 0.15) is 37.5 Å². The second-order valence-electron chi connectivity index (χ2n) is 12.4. The van der Waals surface area contributed by atoms with Crippen LogP contribution in [0.25, 0.3) is 51.1 Å². The molecule has 1 unspecified atom stereocenters. The average Bonchev–Trinajstić information content (AvgIpc) is 3.46. The summed E-state index contributed by atoms with van der Waals surface area (Å²) in [5.41, 5.74) is 10.4. The first kappa shape index (κ1) is 31.0. The van der Waals surface area contributed by atoms with E-state index in [0.29, 0.717) is 5.92 Å². The number of hydrogen-bond acceptors (Lipinski definition) is 2. The molecule has 0 bridgehead atoms. The van der Waals surface area contributed by atoms with Gasteiger partial charge in [-0.15, -0.1) is 0 Å². The average molecular weight is 624 g/mol. The Kier molecular flexibility index (Phi) is 9.07. The van der Waals surface area contributed by atoms with E-state index >= 15 is 0 Å². The number of hydrogen-bond donors (Lipinski definition) is 0. The number of anilines is 1. The van der Waals surface area contributed by atoms with Crippen LogP contribution in [0.2, 0.25) is 0 Å². The summed E-state index contributed by atoms with van der Waals surface area (Å²) in [6.07, 6.45) is 26.7. The highest BCUT2D eigenvalue weighted by molar-refractivity contribution is 6.02. The SMILES string of the molecule is C=C/C=C\C=C\C1C=CC(N(C2=c3ccccc3=CCC2)c2ccc(-c3cccc4c(/C=C\C)c(C)oc34)c(-c3ccccc3)c2)=CC1. The van der Waals surface area contributed by atoms with Gasteiger partial charge in [0.05, 0.1) is 0 Å². The molecule has 0 amide bonds. The van der Waals surface area contributed by atoms with Crippen LogP contribution < -0.4 is 15.3 Å². The number of allylic oxidation sites excluding steroid dienone is 9. The van der Waals surface area contributed by atoms with Gasteiger partial charge in [0.25, 0.3) is 0 Å². The lowest BCUT2D eigenvalue weighted by Gasteiger charge is -2.32. The van der Waals surface area contributed by atoms with Gasteiger partial charge in [-0.1, -0.05) is 146 Å². The van der Waals surface area contributed by atoms with Crippen LogP contribution in [0.3, 0.4) is 0 Å². The molecular weight excluding hydrogens is 583 g/mol. The quantitative estimate of drug-likeness (QED) is 0.152. The van der Waals surface area contributed by atoms with Crippen molar-refractivity contribution in [3.05, 3.63) is 180 Å². The second kappa shape index (κ2) is 14.0. The Hall–Kier alpha value is -5.60. The Bertz CT molecular complexity index is 2250. The maximum atomic E-state index is 6.48. The molecule has 0 radical (unpaired) electrons. The zero-order chi connectivity index (χ0) is 32.9. The lowest BCUT2D eigenvalue weighted by molar-refractivity contribution is 0.578. The molecule has 1 heterocycles. The molecule has 2 aliphatic rings. The lowest BCUT2D eigenvalue weighted by atomic mass is 9.91. The predicted molar refractivity (Wildman–Crippen MR) is 206 cm³/mol. The molecule has 0 fully saturated rings. The van der Waals surface area contributed by atoms with E-state index in [2.05, 4.69) is 165 Å². The van der Waals surface area contributed by atoms with Gasteiger partial charge in [-0.25, -0.2) is 0 Å². The van der Waals surface area contributed by atoms with Crippen molar-refractivity contribution in [1.29, 1.82) is 0 Å². The minimum atomic E-state index is 0.356. The van der Waals surface area contributed by atoms with Crippen LogP contribution in [-0.4, -0.2) is 0 Å².